The van der Waals surface area contributed by atoms with Crippen LogP contribution in [0.4, 0.5) is 17.2 Å². The molecular formula is C46H28N4S. The van der Waals surface area contributed by atoms with Crippen LogP contribution in [0.1, 0.15) is 0 Å². The lowest BCUT2D eigenvalue weighted by Gasteiger charge is -2.27. The molecule has 4 nitrogen and oxygen atoms in total. The lowest BCUT2D eigenvalue weighted by molar-refractivity contribution is 1.09. The van der Waals surface area contributed by atoms with E-state index in [0.717, 1.165) is 55.3 Å². The van der Waals surface area contributed by atoms with E-state index < -0.39 is 0 Å². The molecule has 10 aromatic rings. The SMILES string of the molecule is c1ccc(-c2nc(-c3cccc(N4c5cc6ccccc6cc5-c5ccccc5-n5c4cc4ccccc45)c3)nc3c2sc2ccccc23)cc1. The van der Waals surface area contributed by atoms with Crippen molar-refractivity contribution in [2.75, 3.05) is 4.90 Å². The zero-order valence-electron chi connectivity index (χ0n) is 27.4. The van der Waals surface area contributed by atoms with Gasteiger partial charge in [-0.3, -0.25) is 9.47 Å². The molecule has 0 aliphatic carbocycles. The highest BCUT2D eigenvalue weighted by Crippen LogP contribution is 2.50. The standard InChI is InChI=1S/C46H28N4S/c1-2-13-29(14-3-1)43-45-44(36-21-8-11-24-41(36)51-45)48-46(47-43)33-18-12-19-34(25-33)49-40-27-31-16-5-4-15-30(31)26-37(40)35-20-7-10-23-39(35)50-38-22-9-6-17-32(38)28-42(49)50/h1-28H. The summed E-state index contributed by atoms with van der Waals surface area (Å²) in [4.78, 5) is 13.0. The number of hydrogen-bond donors (Lipinski definition) is 0. The summed E-state index contributed by atoms with van der Waals surface area (Å²) in [5.41, 5.74) is 10.9. The van der Waals surface area contributed by atoms with E-state index in [1.165, 1.54) is 37.5 Å². The Morgan fingerprint density at radius 2 is 1.22 bits per heavy atom. The summed E-state index contributed by atoms with van der Waals surface area (Å²) in [5.74, 6) is 1.80. The summed E-state index contributed by atoms with van der Waals surface area (Å²) < 4.78 is 4.74. The molecule has 3 aromatic heterocycles. The fraction of sp³-hybridized carbons (Fsp3) is 0. The molecule has 0 fully saturated rings. The van der Waals surface area contributed by atoms with Gasteiger partial charge in [0.15, 0.2) is 5.82 Å². The van der Waals surface area contributed by atoms with Gasteiger partial charge in [0.2, 0.25) is 0 Å². The molecular weight excluding hydrogens is 641 g/mol. The minimum atomic E-state index is 0.712. The third-order valence-corrected chi connectivity index (χ3v) is 11.3. The normalized spacial score (nSPS) is 12.3. The first-order valence-corrected chi connectivity index (χ1v) is 18.0. The molecule has 7 aromatic carbocycles. The summed E-state index contributed by atoms with van der Waals surface area (Å²) in [6.45, 7) is 0. The number of thiophene rings is 1. The Balaban J connectivity index is 1.19. The zero-order valence-corrected chi connectivity index (χ0v) is 28.2. The van der Waals surface area contributed by atoms with E-state index in [1.54, 1.807) is 11.3 Å². The fourth-order valence-corrected chi connectivity index (χ4v) is 8.93. The van der Waals surface area contributed by atoms with E-state index in [2.05, 4.69) is 179 Å². The molecule has 0 amide bonds. The second-order valence-corrected chi connectivity index (χ2v) is 14.1. The molecule has 0 spiro atoms. The van der Waals surface area contributed by atoms with Crippen molar-refractivity contribution < 1.29 is 0 Å². The van der Waals surface area contributed by atoms with Crippen molar-refractivity contribution in [1.82, 2.24) is 14.5 Å². The summed E-state index contributed by atoms with van der Waals surface area (Å²) in [5, 5.41) is 4.77. The zero-order chi connectivity index (χ0) is 33.5. The third kappa shape index (κ3) is 4.32. The van der Waals surface area contributed by atoms with Gasteiger partial charge in [0.1, 0.15) is 5.82 Å². The van der Waals surface area contributed by atoms with E-state index in [-0.39, 0.29) is 0 Å². The van der Waals surface area contributed by atoms with Crippen LogP contribution >= 0.6 is 11.3 Å². The van der Waals surface area contributed by atoms with Crippen LogP contribution in [-0.4, -0.2) is 14.5 Å². The van der Waals surface area contributed by atoms with Crippen LogP contribution in [-0.2, 0) is 0 Å². The molecule has 0 saturated heterocycles. The van der Waals surface area contributed by atoms with Gasteiger partial charge in [0.25, 0.3) is 0 Å². The summed E-state index contributed by atoms with van der Waals surface area (Å²) in [7, 11) is 0. The molecule has 0 saturated carbocycles. The highest BCUT2D eigenvalue weighted by atomic mass is 32.1. The van der Waals surface area contributed by atoms with Crippen molar-refractivity contribution in [1.29, 1.82) is 0 Å². The summed E-state index contributed by atoms with van der Waals surface area (Å²) in [6.07, 6.45) is 0. The van der Waals surface area contributed by atoms with Gasteiger partial charge in [-0.1, -0.05) is 121 Å². The van der Waals surface area contributed by atoms with E-state index in [4.69, 9.17) is 9.97 Å². The van der Waals surface area contributed by atoms with Gasteiger partial charge in [-0.15, -0.1) is 11.3 Å². The lowest BCUT2D eigenvalue weighted by Crippen LogP contribution is -2.13. The third-order valence-electron chi connectivity index (χ3n) is 10.1. The smallest absolute Gasteiger partial charge is 0.160 e. The molecule has 0 unspecified atom stereocenters. The molecule has 11 rings (SSSR count). The first-order valence-electron chi connectivity index (χ1n) is 17.2. The molecule has 4 heterocycles. The van der Waals surface area contributed by atoms with Gasteiger partial charge in [-0.05, 0) is 59.3 Å². The van der Waals surface area contributed by atoms with Crippen molar-refractivity contribution in [3.8, 4) is 39.5 Å². The molecule has 1 aliphatic rings. The molecule has 0 bridgehead atoms. The van der Waals surface area contributed by atoms with Crippen molar-refractivity contribution in [3.63, 3.8) is 0 Å². The Morgan fingerprint density at radius 1 is 0.490 bits per heavy atom. The maximum Gasteiger partial charge on any atom is 0.160 e. The van der Waals surface area contributed by atoms with Crippen LogP contribution in [0.5, 0.6) is 0 Å². The van der Waals surface area contributed by atoms with Gasteiger partial charge in [0, 0.05) is 43.4 Å². The number of hydrogen-bond acceptors (Lipinski definition) is 4. The molecule has 238 valence electrons. The maximum absolute atomic E-state index is 5.31. The average molecular weight is 669 g/mol. The van der Waals surface area contributed by atoms with E-state index >= 15 is 0 Å². The number of aromatic nitrogens is 3. The van der Waals surface area contributed by atoms with Gasteiger partial charge in [-0.25, -0.2) is 9.97 Å². The molecule has 0 radical (unpaired) electrons. The summed E-state index contributed by atoms with van der Waals surface area (Å²) in [6, 6.07) is 60.8. The van der Waals surface area contributed by atoms with E-state index in [1.807, 2.05) is 0 Å². The predicted molar refractivity (Wildman–Crippen MR) is 214 cm³/mol. The number of nitrogens with zero attached hydrogens (tertiary/aromatic N) is 4. The number of benzene rings is 7. The first kappa shape index (κ1) is 28.3. The Labute approximate surface area is 298 Å². The van der Waals surface area contributed by atoms with Crippen molar-refractivity contribution in [2.24, 2.45) is 0 Å². The molecule has 0 atom stereocenters. The quantitative estimate of drug-likeness (QED) is 0.188. The van der Waals surface area contributed by atoms with Crippen LogP contribution in [0.15, 0.2) is 170 Å². The first-order chi connectivity index (χ1) is 25.3. The second kappa shape index (κ2) is 11.0. The topological polar surface area (TPSA) is 34.0 Å². The van der Waals surface area contributed by atoms with E-state index in [9.17, 15) is 0 Å². The van der Waals surface area contributed by atoms with Crippen LogP contribution in [0.3, 0.4) is 0 Å². The minimum absolute atomic E-state index is 0.712. The minimum Gasteiger partial charge on any atom is -0.295 e. The Hall–Kier alpha value is -6.56. The second-order valence-electron chi connectivity index (χ2n) is 13.1. The van der Waals surface area contributed by atoms with E-state index in [0.29, 0.717) is 5.82 Å². The molecule has 5 heteroatoms. The number of rotatable bonds is 3. The van der Waals surface area contributed by atoms with Gasteiger partial charge in [-0.2, -0.15) is 0 Å². The lowest BCUT2D eigenvalue weighted by atomic mass is 9.97. The Morgan fingerprint density at radius 3 is 2.12 bits per heavy atom. The Kier molecular flexibility index (Phi) is 6.09. The van der Waals surface area contributed by atoms with Gasteiger partial charge < -0.3 is 0 Å². The average Bonchev–Trinajstić information content (AvgIpc) is 3.73. The summed E-state index contributed by atoms with van der Waals surface area (Å²) >= 11 is 1.76. The highest BCUT2D eigenvalue weighted by Gasteiger charge is 2.29. The van der Waals surface area contributed by atoms with Crippen molar-refractivity contribution in [2.45, 2.75) is 0 Å². The van der Waals surface area contributed by atoms with Crippen LogP contribution in [0, 0.1) is 0 Å². The van der Waals surface area contributed by atoms with Crippen LogP contribution < -0.4 is 4.90 Å². The van der Waals surface area contributed by atoms with Crippen molar-refractivity contribution >= 4 is 70.5 Å². The van der Waals surface area contributed by atoms with Crippen LogP contribution in [0.25, 0.3) is 81.4 Å². The Bertz CT molecular complexity index is 2990. The number of anilines is 3. The van der Waals surface area contributed by atoms with Gasteiger partial charge >= 0.3 is 0 Å². The molecule has 1 aliphatic heterocycles. The molecule has 51 heavy (non-hydrogen) atoms. The van der Waals surface area contributed by atoms with Gasteiger partial charge in [0.05, 0.1) is 32.8 Å². The monoisotopic (exact) mass is 668 g/mol. The fourth-order valence-electron chi connectivity index (χ4n) is 7.77. The largest absolute Gasteiger partial charge is 0.295 e. The predicted octanol–water partition coefficient (Wildman–Crippen LogP) is 12.7. The molecule has 0 N–H and O–H groups in total. The number of para-hydroxylation sites is 2. The van der Waals surface area contributed by atoms with Crippen LogP contribution in [0.2, 0.25) is 0 Å². The maximum atomic E-state index is 5.31. The highest BCUT2D eigenvalue weighted by molar-refractivity contribution is 7.26. The van der Waals surface area contributed by atoms with Crippen molar-refractivity contribution in [3.05, 3.63) is 170 Å². The number of fused-ring (bicyclic) bond motifs is 11.